The van der Waals surface area contributed by atoms with Crippen molar-refractivity contribution in [1.82, 2.24) is 4.90 Å². The van der Waals surface area contributed by atoms with Gasteiger partial charge in [0, 0.05) is 37.2 Å². The largest absolute Gasteiger partial charge is 0.450 e. The number of carbonyl (C=O) groups excluding carboxylic acids is 2. The number of hydrogen-bond acceptors (Lipinski definition) is 4. The number of anilines is 1. The second-order valence-electron chi connectivity index (χ2n) is 7.02. The van der Waals surface area contributed by atoms with E-state index in [-0.39, 0.29) is 11.9 Å². The molecule has 134 valence electrons. The molecule has 0 aliphatic carbocycles. The van der Waals surface area contributed by atoms with Crippen molar-refractivity contribution >= 4 is 17.6 Å². The molecule has 1 N–H and O–H groups in total. The van der Waals surface area contributed by atoms with Crippen LogP contribution in [0.3, 0.4) is 0 Å². The highest BCUT2D eigenvalue weighted by Crippen LogP contribution is 2.41. The topological polar surface area (TPSA) is 58.6 Å². The highest BCUT2D eigenvalue weighted by molar-refractivity contribution is 6.12. The van der Waals surface area contributed by atoms with Gasteiger partial charge in [0.1, 0.15) is 5.60 Å². The molecule has 1 spiro atoms. The maximum atomic E-state index is 13.0. The quantitative estimate of drug-likeness (QED) is 0.858. The number of benzene rings is 1. The average molecular weight is 342 g/mol. The Balaban J connectivity index is 1.88. The van der Waals surface area contributed by atoms with E-state index in [1.807, 2.05) is 32.0 Å². The zero-order valence-corrected chi connectivity index (χ0v) is 15.4. The molecule has 5 nitrogen and oxygen atoms in total. The summed E-state index contributed by atoms with van der Waals surface area (Å²) in [4.78, 5) is 27.6. The maximum absolute atomic E-state index is 13.0. The lowest BCUT2D eigenvalue weighted by Gasteiger charge is -2.39. The lowest BCUT2D eigenvalue weighted by Crippen LogP contribution is -2.47. The van der Waals surface area contributed by atoms with Crippen molar-refractivity contribution in [2.75, 3.05) is 25.0 Å². The van der Waals surface area contributed by atoms with Crippen molar-refractivity contribution in [2.45, 2.75) is 46.1 Å². The van der Waals surface area contributed by atoms with Crippen molar-refractivity contribution in [3.05, 3.63) is 40.5 Å². The standard InChI is InChI=1S/C20H26N2O3/c1-5-22-11-9-20(10-12-22)17(15(4)19(24)25-20)18(23)21-16-8-6-7-13(2)14(16)3/h6-8H,5,9-12H2,1-4H3,(H,21,23). The van der Waals surface area contributed by atoms with Gasteiger partial charge in [0.05, 0.1) is 5.57 Å². The molecule has 25 heavy (non-hydrogen) atoms. The molecule has 0 saturated carbocycles. The SMILES string of the molecule is CCN1CCC2(CC1)OC(=O)C(C)=C2C(=O)Nc1cccc(C)c1C. The zero-order valence-electron chi connectivity index (χ0n) is 15.4. The predicted octanol–water partition coefficient (Wildman–Crippen LogP) is 2.97. The number of likely N-dealkylation sites (tertiary alicyclic amines) is 1. The van der Waals surface area contributed by atoms with Crippen LogP contribution in [0, 0.1) is 13.8 Å². The second kappa shape index (κ2) is 6.64. The Morgan fingerprint density at radius 2 is 1.92 bits per heavy atom. The molecule has 0 unspecified atom stereocenters. The summed E-state index contributed by atoms with van der Waals surface area (Å²) < 4.78 is 5.72. The number of nitrogens with zero attached hydrogens (tertiary/aromatic N) is 1. The first-order chi connectivity index (χ1) is 11.9. The molecule has 2 heterocycles. The smallest absolute Gasteiger partial charge is 0.335 e. The molecular formula is C20H26N2O3. The first-order valence-electron chi connectivity index (χ1n) is 8.92. The monoisotopic (exact) mass is 342 g/mol. The van der Waals surface area contributed by atoms with Gasteiger partial charge in [-0.15, -0.1) is 0 Å². The Morgan fingerprint density at radius 1 is 1.24 bits per heavy atom. The maximum Gasteiger partial charge on any atom is 0.335 e. The molecule has 1 amide bonds. The number of carbonyl (C=O) groups is 2. The lowest BCUT2D eigenvalue weighted by molar-refractivity contribution is -0.150. The molecule has 0 atom stereocenters. The normalized spacial score (nSPS) is 20.1. The van der Waals surface area contributed by atoms with Crippen LogP contribution in [0.2, 0.25) is 0 Å². The van der Waals surface area contributed by atoms with Gasteiger partial charge in [0.15, 0.2) is 0 Å². The van der Waals surface area contributed by atoms with E-state index >= 15 is 0 Å². The number of rotatable bonds is 3. The summed E-state index contributed by atoms with van der Waals surface area (Å²) >= 11 is 0. The molecule has 1 aromatic rings. The van der Waals surface area contributed by atoms with E-state index in [0.717, 1.165) is 36.4 Å². The van der Waals surface area contributed by atoms with Gasteiger partial charge in [-0.3, -0.25) is 4.79 Å². The molecule has 2 aliphatic heterocycles. The fourth-order valence-electron chi connectivity index (χ4n) is 3.78. The van der Waals surface area contributed by atoms with Gasteiger partial charge in [-0.2, -0.15) is 0 Å². The number of aryl methyl sites for hydroxylation is 1. The van der Waals surface area contributed by atoms with Crippen molar-refractivity contribution in [2.24, 2.45) is 0 Å². The number of nitrogens with one attached hydrogen (secondary N) is 1. The fourth-order valence-corrected chi connectivity index (χ4v) is 3.78. The van der Waals surface area contributed by atoms with Crippen LogP contribution in [0.15, 0.2) is 29.3 Å². The second-order valence-corrected chi connectivity index (χ2v) is 7.02. The molecule has 1 aromatic carbocycles. The van der Waals surface area contributed by atoms with Crippen molar-refractivity contribution in [3.8, 4) is 0 Å². The number of hydrogen-bond donors (Lipinski definition) is 1. The highest BCUT2D eigenvalue weighted by atomic mass is 16.6. The van der Waals surface area contributed by atoms with Gasteiger partial charge < -0.3 is 15.0 Å². The van der Waals surface area contributed by atoms with Crippen LogP contribution in [-0.2, 0) is 14.3 Å². The van der Waals surface area contributed by atoms with Crippen LogP contribution in [0.4, 0.5) is 5.69 Å². The third-order valence-electron chi connectivity index (χ3n) is 5.62. The summed E-state index contributed by atoms with van der Waals surface area (Å²) in [5.74, 6) is -0.585. The third-order valence-corrected chi connectivity index (χ3v) is 5.62. The van der Waals surface area contributed by atoms with E-state index in [1.165, 1.54) is 0 Å². The van der Waals surface area contributed by atoms with Crippen molar-refractivity contribution in [3.63, 3.8) is 0 Å². The minimum Gasteiger partial charge on any atom is -0.450 e. The van der Waals surface area contributed by atoms with E-state index in [9.17, 15) is 9.59 Å². The van der Waals surface area contributed by atoms with Crippen LogP contribution < -0.4 is 5.32 Å². The molecule has 1 fully saturated rings. The molecule has 3 rings (SSSR count). The highest BCUT2D eigenvalue weighted by Gasteiger charge is 2.50. The summed E-state index contributed by atoms with van der Waals surface area (Å²) in [5, 5.41) is 3.00. The molecule has 0 aromatic heterocycles. The first-order valence-corrected chi connectivity index (χ1v) is 8.92. The molecule has 0 radical (unpaired) electrons. The molecule has 5 heteroatoms. The van der Waals surface area contributed by atoms with Crippen LogP contribution in [-0.4, -0.2) is 42.0 Å². The Hall–Kier alpha value is -2.14. The summed E-state index contributed by atoms with van der Waals surface area (Å²) in [7, 11) is 0. The fraction of sp³-hybridized carbons (Fsp3) is 0.500. The van der Waals surface area contributed by atoms with E-state index in [1.54, 1.807) is 6.92 Å². The van der Waals surface area contributed by atoms with E-state index in [0.29, 0.717) is 24.0 Å². The van der Waals surface area contributed by atoms with Gasteiger partial charge in [-0.25, -0.2) is 4.79 Å². The van der Waals surface area contributed by atoms with E-state index in [2.05, 4.69) is 17.1 Å². The van der Waals surface area contributed by atoms with E-state index < -0.39 is 5.60 Å². The van der Waals surface area contributed by atoms with Gasteiger partial charge in [-0.1, -0.05) is 19.1 Å². The summed E-state index contributed by atoms with van der Waals surface area (Å²) in [6.45, 7) is 10.4. The Morgan fingerprint density at radius 3 is 2.56 bits per heavy atom. The van der Waals surface area contributed by atoms with Crippen LogP contribution in [0.5, 0.6) is 0 Å². The Labute approximate surface area is 149 Å². The molecule has 2 aliphatic rings. The van der Waals surface area contributed by atoms with Gasteiger partial charge in [0.25, 0.3) is 5.91 Å². The van der Waals surface area contributed by atoms with E-state index in [4.69, 9.17) is 4.74 Å². The number of ether oxygens (including phenoxy) is 1. The number of esters is 1. The Bertz CT molecular complexity index is 743. The zero-order chi connectivity index (χ0) is 18.2. The third kappa shape index (κ3) is 3.09. The van der Waals surface area contributed by atoms with Gasteiger partial charge in [-0.05, 0) is 44.5 Å². The van der Waals surface area contributed by atoms with Crippen LogP contribution >= 0.6 is 0 Å². The van der Waals surface area contributed by atoms with Crippen molar-refractivity contribution < 1.29 is 14.3 Å². The predicted molar refractivity (Wildman–Crippen MR) is 97.4 cm³/mol. The van der Waals surface area contributed by atoms with Gasteiger partial charge in [0.2, 0.25) is 0 Å². The molecular weight excluding hydrogens is 316 g/mol. The molecule has 1 saturated heterocycles. The average Bonchev–Trinajstić information content (AvgIpc) is 2.83. The summed E-state index contributed by atoms with van der Waals surface area (Å²) in [6, 6.07) is 5.82. The summed E-state index contributed by atoms with van der Waals surface area (Å²) in [6.07, 6.45) is 1.33. The van der Waals surface area contributed by atoms with Crippen LogP contribution in [0.1, 0.15) is 37.8 Å². The minimum absolute atomic E-state index is 0.220. The lowest BCUT2D eigenvalue weighted by atomic mass is 9.82. The van der Waals surface area contributed by atoms with Crippen LogP contribution in [0.25, 0.3) is 0 Å². The number of amides is 1. The number of piperidine rings is 1. The summed E-state index contributed by atoms with van der Waals surface area (Å²) in [5.41, 5.74) is 3.12. The van der Waals surface area contributed by atoms with Gasteiger partial charge >= 0.3 is 5.97 Å². The Kier molecular flexibility index (Phi) is 4.69. The molecule has 0 bridgehead atoms. The minimum atomic E-state index is -0.769. The van der Waals surface area contributed by atoms with Crippen molar-refractivity contribution in [1.29, 1.82) is 0 Å². The first kappa shape index (κ1) is 17.7.